The second kappa shape index (κ2) is 19.8. The molecule has 3 fully saturated rings. The quantitative estimate of drug-likeness (QED) is 0.127. The fourth-order valence-electron chi connectivity index (χ4n) is 9.89. The number of hydrogen-bond donors (Lipinski definition) is 4. The van der Waals surface area contributed by atoms with E-state index in [1.54, 1.807) is 12.0 Å². The van der Waals surface area contributed by atoms with Crippen molar-refractivity contribution in [1.82, 2.24) is 20.6 Å². The van der Waals surface area contributed by atoms with Gasteiger partial charge in [0.05, 0.1) is 25.9 Å². The van der Waals surface area contributed by atoms with Crippen LogP contribution in [0.1, 0.15) is 89.2 Å². The molecule has 1 aliphatic carbocycles. The molecule has 0 bridgehead atoms. The summed E-state index contributed by atoms with van der Waals surface area (Å²) in [5.74, 6) is 0.655. The molecule has 328 valence electrons. The molecular weight excluding hydrogens is 755 g/mol. The van der Waals surface area contributed by atoms with Crippen molar-refractivity contribution in [3.8, 4) is 16.9 Å². The second-order valence-electron chi connectivity index (χ2n) is 18.6. The van der Waals surface area contributed by atoms with E-state index < -0.39 is 24.2 Å². The lowest BCUT2D eigenvalue weighted by Gasteiger charge is -2.50. The lowest BCUT2D eigenvalue weighted by atomic mass is 9.58. The molecule has 6 rings (SSSR count). The summed E-state index contributed by atoms with van der Waals surface area (Å²) in [5.41, 5.74) is 5.16. The molecule has 11 heteroatoms. The Morgan fingerprint density at radius 3 is 2.38 bits per heavy atom. The summed E-state index contributed by atoms with van der Waals surface area (Å²) in [5, 5.41) is 30.0. The predicted octanol–water partition coefficient (Wildman–Crippen LogP) is 6.55. The SMILES string of the molecule is CCOc1c(CN2O[C@@H](CO)[C@@H]([C@H](C)O)[C@H]2C(=O)N[C@H]2C[C@@H](C)C(C)(C)[C@@H](C)[C@@H]2C)cccc1-c1cc(C(=O)N[C@@H](Cc2ccccc2)CN2CCCC2)cc(N(C)C)c1. The van der Waals surface area contributed by atoms with Gasteiger partial charge < -0.3 is 35.4 Å². The highest BCUT2D eigenvalue weighted by atomic mass is 16.7. The minimum atomic E-state index is -0.915. The number of hydrogen-bond acceptors (Lipinski definition) is 9. The number of rotatable bonds is 16. The Hall–Kier alpha value is -4.00. The molecule has 1 saturated carbocycles. The number of nitrogens with one attached hydrogen (secondary N) is 2. The van der Waals surface area contributed by atoms with Gasteiger partial charge in [-0.3, -0.25) is 14.4 Å². The molecule has 2 amide bonds. The van der Waals surface area contributed by atoms with Crippen LogP contribution in [0, 0.1) is 29.1 Å². The Bertz CT molecular complexity index is 1900. The van der Waals surface area contributed by atoms with Crippen molar-refractivity contribution in [1.29, 1.82) is 0 Å². The Balaban J connectivity index is 1.31. The van der Waals surface area contributed by atoms with Gasteiger partial charge in [0.25, 0.3) is 5.91 Å². The molecule has 4 N–H and O–H groups in total. The van der Waals surface area contributed by atoms with E-state index in [4.69, 9.17) is 9.57 Å². The van der Waals surface area contributed by atoms with E-state index in [9.17, 15) is 19.8 Å². The third-order valence-corrected chi connectivity index (χ3v) is 14.2. The van der Waals surface area contributed by atoms with E-state index in [2.05, 4.69) is 68.4 Å². The number of hydroxylamine groups is 2. The average Bonchev–Trinajstić information content (AvgIpc) is 3.88. The first-order valence-corrected chi connectivity index (χ1v) is 22.3. The van der Waals surface area contributed by atoms with Crippen LogP contribution in [-0.2, 0) is 22.6 Å². The van der Waals surface area contributed by atoms with Crippen molar-refractivity contribution < 1.29 is 29.4 Å². The van der Waals surface area contributed by atoms with Gasteiger partial charge >= 0.3 is 0 Å². The number of ether oxygens (including phenoxy) is 1. The molecule has 2 heterocycles. The highest BCUT2D eigenvalue weighted by molar-refractivity contribution is 5.97. The standard InChI is InChI=1S/C49H71N5O6/c1-10-59-46-36(28-54-45(44(34(5)56)43(30-55)60-54)48(58)51-42-23-31(2)49(6,7)33(4)32(42)3)19-16-20-41(46)37-25-38(27-40(26-37)52(8)9)47(57)50-39(29-53-21-14-15-22-53)24-35-17-12-11-13-18-35/h11-13,16-20,25-27,31-34,39,42-45,55-56H,10,14-15,21-24,28-30H2,1-9H3,(H,50,57)(H,51,58)/t31-,32+,33+,34+,39+,42+,43+,44-,45+/m1/s1. The number of likely N-dealkylation sites (tertiary alicyclic amines) is 1. The number of amides is 2. The van der Waals surface area contributed by atoms with Crippen LogP contribution in [0.2, 0.25) is 0 Å². The first-order valence-electron chi connectivity index (χ1n) is 22.3. The highest BCUT2D eigenvalue weighted by Crippen LogP contribution is 2.48. The number of carbonyl (C=O) groups is 2. The molecule has 0 spiro atoms. The molecule has 3 aromatic carbocycles. The van der Waals surface area contributed by atoms with Gasteiger partial charge in [0.15, 0.2) is 0 Å². The van der Waals surface area contributed by atoms with Gasteiger partial charge in [-0.15, -0.1) is 0 Å². The molecule has 11 nitrogen and oxygen atoms in total. The Labute approximate surface area is 358 Å². The number of carbonyl (C=O) groups excluding carboxylic acids is 2. The molecule has 0 unspecified atom stereocenters. The molecule has 3 aromatic rings. The van der Waals surface area contributed by atoms with Gasteiger partial charge in [-0.05, 0) is 105 Å². The number of aliphatic hydroxyl groups is 2. The summed E-state index contributed by atoms with van der Waals surface area (Å²) >= 11 is 0. The fraction of sp³-hybridized carbons (Fsp3) is 0.592. The van der Waals surface area contributed by atoms with Crippen molar-refractivity contribution in [2.24, 2.45) is 29.1 Å². The third kappa shape index (κ3) is 10.2. The van der Waals surface area contributed by atoms with Gasteiger partial charge in [0, 0.05) is 61.0 Å². The largest absolute Gasteiger partial charge is 0.493 e. The maximum atomic E-state index is 14.5. The first-order chi connectivity index (χ1) is 28.6. The molecule has 60 heavy (non-hydrogen) atoms. The topological polar surface area (TPSA) is 127 Å². The van der Waals surface area contributed by atoms with Crippen LogP contribution < -0.4 is 20.3 Å². The van der Waals surface area contributed by atoms with E-state index in [1.165, 1.54) is 18.4 Å². The smallest absolute Gasteiger partial charge is 0.251 e. The van der Waals surface area contributed by atoms with Crippen LogP contribution in [0.15, 0.2) is 66.7 Å². The van der Waals surface area contributed by atoms with Crippen LogP contribution in [-0.4, -0.2) is 109 Å². The van der Waals surface area contributed by atoms with E-state index in [0.29, 0.717) is 29.8 Å². The molecular formula is C49H71N5O6. The molecule has 9 atom stereocenters. The summed E-state index contributed by atoms with van der Waals surface area (Å²) < 4.78 is 6.44. The number of anilines is 1. The lowest BCUT2D eigenvalue weighted by Crippen LogP contribution is -2.56. The average molecular weight is 826 g/mol. The minimum Gasteiger partial charge on any atom is -0.493 e. The van der Waals surface area contributed by atoms with Gasteiger partial charge in [-0.1, -0.05) is 83.1 Å². The van der Waals surface area contributed by atoms with Crippen molar-refractivity contribution in [3.05, 3.63) is 83.4 Å². The summed E-state index contributed by atoms with van der Waals surface area (Å²) in [7, 11) is 3.93. The molecule has 2 saturated heterocycles. The van der Waals surface area contributed by atoms with Crippen molar-refractivity contribution in [2.45, 2.75) is 111 Å². The second-order valence-corrected chi connectivity index (χ2v) is 18.6. The van der Waals surface area contributed by atoms with Crippen LogP contribution in [0.4, 0.5) is 5.69 Å². The van der Waals surface area contributed by atoms with Gasteiger partial charge in [0.1, 0.15) is 17.9 Å². The van der Waals surface area contributed by atoms with Gasteiger partial charge in [-0.25, -0.2) is 0 Å². The van der Waals surface area contributed by atoms with Gasteiger partial charge in [0.2, 0.25) is 5.91 Å². The number of para-hydroxylation sites is 1. The van der Waals surface area contributed by atoms with Crippen molar-refractivity contribution >= 4 is 17.5 Å². The summed E-state index contributed by atoms with van der Waals surface area (Å²) in [6, 6.07) is 21.2. The third-order valence-electron chi connectivity index (χ3n) is 14.2. The predicted molar refractivity (Wildman–Crippen MR) is 239 cm³/mol. The normalized spacial score (nSPS) is 26.7. The molecule has 0 radical (unpaired) electrons. The molecule has 3 aliphatic rings. The molecule has 0 aromatic heterocycles. The van der Waals surface area contributed by atoms with E-state index in [1.807, 2.05) is 74.4 Å². The molecule has 2 aliphatic heterocycles. The van der Waals surface area contributed by atoms with E-state index in [0.717, 1.165) is 54.9 Å². The monoisotopic (exact) mass is 826 g/mol. The van der Waals surface area contributed by atoms with Crippen LogP contribution in [0.25, 0.3) is 11.1 Å². The Kier molecular flexibility index (Phi) is 15.0. The van der Waals surface area contributed by atoms with Crippen molar-refractivity contribution in [3.63, 3.8) is 0 Å². The van der Waals surface area contributed by atoms with Crippen LogP contribution in [0.5, 0.6) is 5.75 Å². The van der Waals surface area contributed by atoms with Gasteiger partial charge in [-0.2, -0.15) is 5.06 Å². The summed E-state index contributed by atoms with van der Waals surface area (Å²) in [6.07, 6.45) is 2.27. The fourth-order valence-corrected chi connectivity index (χ4v) is 9.89. The highest BCUT2D eigenvalue weighted by Gasteiger charge is 2.51. The maximum Gasteiger partial charge on any atom is 0.251 e. The summed E-state index contributed by atoms with van der Waals surface area (Å²) in [6.45, 7) is 18.1. The first kappa shape index (κ1) is 45.5. The zero-order valence-corrected chi connectivity index (χ0v) is 37.5. The minimum absolute atomic E-state index is 0.0354. The maximum absolute atomic E-state index is 14.5. The Morgan fingerprint density at radius 1 is 1.02 bits per heavy atom. The number of benzene rings is 3. The lowest BCUT2D eigenvalue weighted by molar-refractivity contribution is -0.182. The van der Waals surface area contributed by atoms with Crippen LogP contribution in [0.3, 0.4) is 0 Å². The van der Waals surface area contributed by atoms with E-state index in [-0.39, 0.29) is 48.4 Å². The number of nitrogens with zero attached hydrogens (tertiary/aromatic N) is 3. The van der Waals surface area contributed by atoms with Crippen molar-refractivity contribution in [2.75, 3.05) is 51.8 Å². The Morgan fingerprint density at radius 2 is 1.73 bits per heavy atom. The van der Waals surface area contributed by atoms with E-state index >= 15 is 0 Å². The summed E-state index contributed by atoms with van der Waals surface area (Å²) in [4.78, 5) is 39.6. The zero-order chi connectivity index (χ0) is 43.3. The number of aliphatic hydroxyl groups excluding tert-OH is 2. The zero-order valence-electron chi connectivity index (χ0n) is 37.5. The van der Waals surface area contributed by atoms with Crippen LogP contribution >= 0.6 is 0 Å².